The van der Waals surface area contributed by atoms with E-state index < -0.39 is 0 Å². The summed E-state index contributed by atoms with van der Waals surface area (Å²) in [6.07, 6.45) is 1.79. The molecule has 0 bridgehead atoms. The van der Waals surface area contributed by atoms with Crippen molar-refractivity contribution in [3.8, 4) is 5.75 Å². The molecule has 0 saturated heterocycles. The lowest BCUT2D eigenvalue weighted by atomic mass is 10.0. The van der Waals surface area contributed by atoms with E-state index >= 15 is 0 Å². The van der Waals surface area contributed by atoms with Crippen molar-refractivity contribution in [2.45, 2.75) is 19.8 Å². The molecule has 0 aliphatic heterocycles. The van der Waals surface area contributed by atoms with Crippen LogP contribution in [0.15, 0.2) is 41.0 Å². The van der Waals surface area contributed by atoms with E-state index in [4.69, 9.17) is 4.74 Å². The average molecular weight is 335 g/mol. The summed E-state index contributed by atoms with van der Waals surface area (Å²) in [5.74, 6) is 2.22. The van der Waals surface area contributed by atoms with Gasteiger partial charge in [-0.25, -0.2) is 4.98 Å². The molecule has 0 radical (unpaired) electrons. The van der Waals surface area contributed by atoms with Gasteiger partial charge in [-0.05, 0) is 51.7 Å². The molecule has 0 aliphatic carbocycles. The minimum atomic E-state index is 0.481. The maximum absolute atomic E-state index is 5.52. The number of pyridine rings is 1. The highest BCUT2D eigenvalue weighted by molar-refractivity contribution is 9.10. The van der Waals surface area contributed by atoms with Gasteiger partial charge in [0.15, 0.2) is 0 Å². The fraction of sp³-hybridized carbons (Fsp3) is 0.312. The highest BCUT2D eigenvalue weighted by Crippen LogP contribution is 2.34. The third-order valence-corrected chi connectivity index (χ3v) is 3.76. The van der Waals surface area contributed by atoms with Crippen LogP contribution >= 0.6 is 15.9 Å². The Morgan fingerprint density at radius 3 is 2.50 bits per heavy atom. The van der Waals surface area contributed by atoms with E-state index in [0.29, 0.717) is 5.92 Å². The molecule has 1 aromatic carbocycles. The molecule has 0 amide bonds. The predicted octanol–water partition coefficient (Wildman–Crippen LogP) is 4.74. The number of ether oxygens (including phenoxy) is 1. The second-order valence-electron chi connectivity index (χ2n) is 4.98. The third kappa shape index (κ3) is 3.12. The van der Waals surface area contributed by atoms with Crippen molar-refractivity contribution >= 4 is 27.4 Å². The van der Waals surface area contributed by atoms with Crippen molar-refractivity contribution in [2.24, 2.45) is 0 Å². The summed E-state index contributed by atoms with van der Waals surface area (Å²) >= 11 is 3.40. The first-order valence-corrected chi connectivity index (χ1v) is 7.35. The second-order valence-corrected chi connectivity index (χ2v) is 5.90. The molecule has 20 heavy (non-hydrogen) atoms. The van der Waals surface area contributed by atoms with Crippen LogP contribution in [0.4, 0.5) is 11.5 Å². The summed E-state index contributed by atoms with van der Waals surface area (Å²) in [6, 6.07) is 10.3. The standard InChI is InChI=1S/C16H19BrN2O/c1-11(2)12-5-7-14(15(9-12)20-4)19(3)16-8-6-13(17)10-18-16/h5-11H,1-4H3. The van der Waals surface area contributed by atoms with Gasteiger partial charge in [0.05, 0.1) is 12.8 Å². The number of aromatic nitrogens is 1. The molecule has 4 heteroatoms. The van der Waals surface area contributed by atoms with Crippen molar-refractivity contribution in [2.75, 3.05) is 19.1 Å². The lowest BCUT2D eigenvalue weighted by Crippen LogP contribution is -2.12. The van der Waals surface area contributed by atoms with E-state index in [2.05, 4.69) is 53.0 Å². The van der Waals surface area contributed by atoms with E-state index in [1.807, 2.05) is 24.1 Å². The zero-order valence-electron chi connectivity index (χ0n) is 12.2. The summed E-state index contributed by atoms with van der Waals surface area (Å²) in [5, 5.41) is 0. The molecule has 0 aliphatic rings. The van der Waals surface area contributed by atoms with Gasteiger partial charge in [-0.3, -0.25) is 0 Å². The number of rotatable bonds is 4. The molecule has 0 N–H and O–H groups in total. The zero-order chi connectivity index (χ0) is 14.7. The first kappa shape index (κ1) is 14.9. The molecule has 0 saturated carbocycles. The maximum atomic E-state index is 5.52. The van der Waals surface area contributed by atoms with Crippen LogP contribution in [0.3, 0.4) is 0 Å². The smallest absolute Gasteiger partial charge is 0.142 e. The minimum absolute atomic E-state index is 0.481. The molecular formula is C16H19BrN2O. The number of methoxy groups -OCH3 is 1. The highest BCUT2D eigenvalue weighted by atomic mass is 79.9. The molecule has 0 unspecified atom stereocenters. The molecule has 106 valence electrons. The predicted molar refractivity (Wildman–Crippen MR) is 87.1 cm³/mol. The van der Waals surface area contributed by atoms with Gasteiger partial charge in [0.1, 0.15) is 11.6 Å². The zero-order valence-corrected chi connectivity index (χ0v) is 13.8. The monoisotopic (exact) mass is 334 g/mol. The Labute approximate surface area is 128 Å². The number of halogens is 1. The van der Waals surface area contributed by atoms with Gasteiger partial charge in [0.25, 0.3) is 0 Å². The summed E-state index contributed by atoms with van der Waals surface area (Å²) in [7, 11) is 3.69. The maximum Gasteiger partial charge on any atom is 0.142 e. The SMILES string of the molecule is COc1cc(C(C)C)ccc1N(C)c1ccc(Br)cn1. The lowest BCUT2D eigenvalue weighted by molar-refractivity contribution is 0.415. The van der Waals surface area contributed by atoms with E-state index in [9.17, 15) is 0 Å². The van der Waals surface area contributed by atoms with Crippen LogP contribution < -0.4 is 9.64 Å². The van der Waals surface area contributed by atoms with Gasteiger partial charge in [-0.1, -0.05) is 19.9 Å². The Hall–Kier alpha value is -1.55. The molecule has 0 spiro atoms. The largest absolute Gasteiger partial charge is 0.495 e. The van der Waals surface area contributed by atoms with Crippen molar-refractivity contribution in [1.82, 2.24) is 4.98 Å². The third-order valence-electron chi connectivity index (χ3n) is 3.29. The number of hydrogen-bond acceptors (Lipinski definition) is 3. The molecule has 2 aromatic rings. The summed E-state index contributed by atoms with van der Waals surface area (Å²) in [4.78, 5) is 6.43. The Morgan fingerprint density at radius 1 is 1.20 bits per heavy atom. The van der Waals surface area contributed by atoms with Crippen LogP contribution in [0.1, 0.15) is 25.3 Å². The fourth-order valence-corrected chi connectivity index (χ4v) is 2.25. The highest BCUT2D eigenvalue weighted by Gasteiger charge is 2.12. The molecule has 1 heterocycles. The van der Waals surface area contributed by atoms with Gasteiger partial charge >= 0.3 is 0 Å². The van der Waals surface area contributed by atoms with Crippen LogP contribution in [-0.4, -0.2) is 19.1 Å². The Balaban J connectivity index is 2.38. The average Bonchev–Trinajstić information content (AvgIpc) is 2.46. The number of benzene rings is 1. The first-order valence-electron chi connectivity index (χ1n) is 6.56. The lowest BCUT2D eigenvalue weighted by Gasteiger charge is -2.22. The van der Waals surface area contributed by atoms with E-state index in [1.165, 1.54) is 5.56 Å². The Kier molecular flexibility index (Phi) is 4.65. The summed E-state index contributed by atoms with van der Waals surface area (Å²) in [5.41, 5.74) is 2.27. The Morgan fingerprint density at radius 2 is 1.95 bits per heavy atom. The fourth-order valence-electron chi connectivity index (χ4n) is 2.02. The molecular weight excluding hydrogens is 316 g/mol. The topological polar surface area (TPSA) is 25.4 Å². The normalized spacial score (nSPS) is 10.7. The first-order chi connectivity index (χ1) is 9.52. The van der Waals surface area contributed by atoms with E-state index in [0.717, 1.165) is 21.7 Å². The van der Waals surface area contributed by atoms with Gasteiger partial charge in [0.2, 0.25) is 0 Å². The quantitative estimate of drug-likeness (QED) is 0.807. The minimum Gasteiger partial charge on any atom is -0.495 e. The van der Waals surface area contributed by atoms with Gasteiger partial charge in [-0.15, -0.1) is 0 Å². The number of anilines is 2. The van der Waals surface area contributed by atoms with Gasteiger partial charge in [-0.2, -0.15) is 0 Å². The molecule has 2 rings (SSSR count). The van der Waals surface area contributed by atoms with Gasteiger partial charge in [0, 0.05) is 17.7 Å². The molecule has 3 nitrogen and oxygen atoms in total. The van der Waals surface area contributed by atoms with Gasteiger partial charge < -0.3 is 9.64 Å². The van der Waals surface area contributed by atoms with Crippen LogP contribution in [0.25, 0.3) is 0 Å². The summed E-state index contributed by atoms with van der Waals surface area (Å²) in [6.45, 7) is 4.35. The number of hydrogen-bond donors (Lipinski definition) is 0. The van der Waals surface area contributed by atoms with Crippen molar-refractivity contribution in [1.29, 1.82) is 0 Å². The summed E-state index contributed by atoms with van der Waals surface area (Å²) < 4.78 is 6.49. The molecule has 0 fully saturated rings. The molecule has 0 atom stereocenters. The van der Waals surface area contributed by atoms with Crippen LogP contribution in [-0.2, 0) is 0 Å². The second kappa shape index (κ2) is 6.27. The van der Waals surface area contributed by atoms with Crippen molar-refractivity contribution < 1.29 is 4.74 Å². The van der Waals surface area contributed by atoms with Crippen LogP contribution in [0.5, 0.6) is 5.75 Å². The van der Waals surface area contributed by atoms with Crippen LogP contribution in [0.2, 0.25) is 0 Å². The molecule has 1 aromatic heterocycles. The van der Waals surface area contributed by atoms with E-state index in [-0.39, 0.29) is 0 Å². The van der Waals surface area contributed by atoms with Crippen molar-refractivity contribution in [3.63, 3.8) is 0 Å². The van der Waals surface area contributed by atoms with E-state index in [1.54, 1.807) is 13.3 Å². The van der Waals surface area contributed by atoms with Crippen molar-refractivity contribution in [3.05, 3.63) is 46.6 Å². The number of nitrogens with zero attached hydrogens (tertiary/aromatic N) is 2. The van der Waals surface area contributed by atoms with Crippen LogP contribution in [0, 0.1) is 0 Å². The Bertz CT molecular complexity index is 582.